The lowest BCUT2D eigenvalue weighted by molar-refractivity contribution is 0.0490. The fourth-order valence-electron chi connectivity index (χ4n) is 1.45. The largest absolute Gasteiger partial charge is 0.460 e. The Hall–Kier alpha value is -1.62. The molecule has 0 saturated heterocycles. The normalized spacial score (nSPS) is 10.5. The first-order valence-corrected chi connectivity index (χ1v) is 5.82. The average molecular weight is 297 g/mol. The van der Waals surface area contributed by atoms with Gasteiger partial charge in [0.1, 0.15) is 0 Å². The fraction of sp³-hybridized carbons (Fsp3) is 0.167. The number of fused-ring (bicyclic) bond motifs is 1. The molecule has 0 spiro atoms. The predicted octanol–water partition coefficient (Wildman–Crippen LogP) is 2.73. The Bertz CT molecular complexity index is 630. The lowest BCUT2D eigenvalue weighted by Gasteiger charge is -2.03. The van der Waals surface area contributed by atoms with Crippen LogP contribution in [0.15, 0.2) is 37.9 Å². The highest BCUT2D eigenvalue weighted by Gasteiger charge is 2.14. The van der Waals surface area contributed by atoms with E-state index in [0.717, 1.165) is 6.07 Å². The number of esters is 1. The quantitative estimate of drug-likeness (QED) is 0.800. The van der Waals surface area contributed by atoms with Crippen LogP contribution in [0.2, 0.25) is 0 Å². The SMILES string of the molecule is CCOC(=O)c1cc(=O)c2cccc(Br)c2o1. The Balaban J connectivity index is 2.66. The summed E-state index contributed by atoms with van der Waals surface area (Å²) in [6.45, 7) is 1.92. The van der Waals surface area contributed by atoms with Crippen LogP contribution in [0.5, 0.6) is 0 Å². The molecule has 0 amide bonds. The molecule has 88 valence electrons. The van der Waals surface area contributed by atoms with E-state index < -0.39 is 5.97 Å². The second-order valence-corrected chi connectivity index (χ2v) is 4.17. The standard InChI is InChI=1S/C12H9BrO4/c1-2-16-12(15)10-6-9(14)7-4-3-5-8(13)11(7)17-10/h3-6H,2H2,1H3. The highest BCUT2D eigenvalue weighted by atomic mass is 79.9. The molecular formula is C12H9BrO4. The number of ether oxygens (including phenoxy) is 1. The molecule has 1 aromatic carbocycles. The number of para-hydroxylation sites is 1. The smallest absolute Gasteiger partial charge is 0.374 e. The van der Waals surface area contributed by atoms with Crippen molar-refractivity contribution < 1.29 is 13.9 Å². The second-order valence-electron chi connectivity index (χ2n) is 3.31. The average Bonchev–Trinajstić information content (AvgIpc) is 2.30. The van der Waals surface area contributed by atoms with Gasteiger partial charge in [-0.3, -0.25) is 4.79 Å². The van der Waals surface area contributed by atoms with Crippen LogP contribution in [-0.4, -0.2) is 12.6 Å². The molecule has 4 nitrogen and oxygen atoms in total. The van der Waals surface area contributed by atoms with Gasteiger partial charge < -0.3 is 9.15 Å². The lowest BCUT2D eigenvalue weighted by atomic mass is 10.2. The zero-order valence-corrected chi connectivity index (χ0v) is 10.6. The summed E-state index contributed by atoms with van der Waals surface area (Å²) in [5.41, 5.74) is 0.0821. The molecule has 0 unspecified atom stereocenters. The Labute approximate surface area is 105 Å². The van der Waals surface area contributed by atoms with E-state index in [-0.39, 0.29) is 17.8 Å². The highest BCUT2D eigenvalue weighted by molar-refractivity contribution is 9.10. The van der Waals surface area contributed by atoms with Gasteiger partial charge in [-0.2, -0.15) is 0 Å². The van der Waals surface area contributed by atoms with E-state index in [9.17, 15) is 9.59 Å². The van der Waals surface area contributed by atoms with Gasteiger partial charge >= 0.3 is 5.97 Å². The first-order chi connectivity index (χ1) is 8.13. The van der Waals surface area contributed by atoms with Gasteiger partial charge in [-0.25, -0.2) is 4.79 Å². The van der Waals surface area contributed by atoms with Crippen molar-refractivity contribution in [3.63, 3.8) is 0 Å². The lowest BCUT2D eigenvalue weighted by Crippen LogP contribution is -2.10. The third kappa shape index (κ3) is 2.24. The summed E-state index contributed by atoms with van der Waals surface area (Å²) in [6.07, 6.45) is 0. The summed E-state index contributed by atoms with van der Waals surface area (Å²) in [5, 5.41) is 0.424. The van der Waals surface area contributed by atoms with E-state index in [4.69, 9.17) is 9.15 Å². The van der Waals surface area contributed by atoms with Gasteiger partial charge in [0, 0.05) is 6.07 Å². The third-order valence-electron chi connectivity index (χ3n) is 2.18. The van der Waals surface area contributed by atoms with E-state index in [1.807, 2.05) is 0 Å². The van der Waals surface area contributed by atoms with Crippen LogP contribution in [0.4, 0.5) is 0 Å². The monoisotopic (exact) mass is 296 g/mol. The summed E-state index contributed by atoms with van der Waals surface area (Å²) in [6, 6.07) is 6.25. The molecule has 0 radical (unpaired) electrons. The summed E-state index contributed by atoms with van der Waals surface area (Å²) in [4.78, 5) is 23.3. The molecule has 1 aromatic heterocycles. The maximum Gasteiger partial charge on any atom is 0.374 e. The number of hydrogen-bond acceptors (Lipinski definition) is 4. The molecule has 2 aromatic rings. The molecule has 1 heterocycles. The number of benzene rings is 1. The minimum atomic E-state index is -0.637. The maximum absolute atomic E-state index is 11.8. The van der Waals surface area contributed by atoms with Crippen molar-refractivity contribution in [2.45, 2.75) is 6.92 Å². The minimum Gasteiger partial charge on any atom is -0.460 e. The van der Waals surface area contributed by atoms with Crippen molar-refractivity contribution in [1.82, 2.24) is 0 Å². The van der Waals surface area contributed by atoms with Crippen LogP contribution < -0.4 is 5.43 Å². The predicted molar refractivity (Wildman–Crippen MR) is 66.1 cm³/mol. The molecular weight excluding hydrogens is 288 g/mol. The summed E-state index contributed by atoms with van der Waals surface area (Å²) < 4.78 is 10.8. The summed E-state index contributed by atoms with van der Waals surface area (Å²) >= 11 is 3.27. The van der Waals surface area contributed by atoms with E-state index in [0.29, 0.717) is 15.4 Å². The van der Waals surface area contributed by atoms with Crippen molar-refractivity contribution in [3.8, 4) is 0 Å². The Morgan fingerprint density at radius 1 is 1.47 bits per heavy atom. The van der Waals surface area contributed by atoms with Crippen molar-refractivity contribution in [3.05, 3.63) is 44.7 Å². The van der Waals surface area contributed by atoms with Gasteiger partial charge in [0.15, 0.2) is 11.0 Å². The van der Waals surface area contributed by atoms with Gasteiger partial charge in [-0.15, -0.1) is 0 Å². The molecule has 0 atom stereocenters. The number of carbonyl (C=O) groups excluding carboxylic acids is 1. The first kappa shape index (κ1) is 11.9. The van der Waals surface area contributed by atoms with Gasteiger partial charge in [-0.1, -0.05) is 6.07 Å². The van der Waals surface area contributed by atoms with Gasteiger partial charge in [0.25, 0.3) is 0 Å². The minimum absolute atomic E-state index is 0.0868. The van der Waals surface area contributed by atoms with Crippen LogP contribution in [0.25, 0.3) is 11.0 Å². The first-order valence-electron chi connectivity index (χ1n) is 5.03. The molecule has 0 aliphatic heterocycles. The van der Waals surface area contributed by atoms with E-state index >= 15 is 0 Å². The topological polar surface area (TPSA) is 56.5 Å². The summed E-state index contributed by atoms with van der Waals surface area (Å²) in [5.74, 6) is -0.724. The second kappa shape index (κ2) is 4.71. The van der Waals surface area contributed by atoms with Crippen molar-refractivity contribution in [2.24, 2.45) is 0 Å². The van der Waals surface area contributed by atoms with E-state index in [1.165, 1.54) is 0 Å². The zero-order valence-electron chi connectivity index (χ0n) is 9.03. The number of hydrogen-bond donors (Lipinski definition) is 0. The van der Waals surface area contributed by atoms with Crippen LogP contribution in [-0.2, 0) is 4.74 Å². The van der Waals surface area contributed by atoms with E-state index in [2.05, 4.69) is 15.9 Å². The van der Waals surface area contributed by atoms with Crippen molar-refractivity contribution >= 4 is 32.9 Å². The number of carbonyl (C=O) groups is 1. The Morgan fingerprint density at radius 2 is 2.24 bits per heavy atom. The Kier molecular flexibility index (Phi) is 3.28. The van der Waals surface area contributed by atoms with E-state index in [1.54, 1.807) is 25.1 Å². The van der Waals surface area contributed by atoms with Crippen molar-refractivity contribution in [1.29, 1.82) is 0 Å². The van der Waals surface area contributed by atoms with Crippen LogP contribution >= 0.6 is 15.9 Å². The fourth-order valence-corrected chi connectivity index (χ4v) is 1.89. The van der Waals surface area contributed by atoms with Crippen LogP contribution in [0, 0.1) is 0 Å². The van der Waals surface area contributed by atoms with Gasteiger partial charge in [0.2, 0.25) is 5.76 Å². The van der Waals surface area contributed by atoms with Gasteiger partial charge in [0.05, 0.1) is 16.5 Å². The number of halogens is 1. The number of rotatable bonds is 2. The molecule has 0 saturated carbocycles. The van der Waals surface area contributed by atoms with Crippen molar-refractivity contribution in [2.75, 3.05) is 6.61 Å². The molecule has 0 bridgehead atoms. The molecule has 0 aliphatic rings. The molecule has 0 aliphatic carbocycles. The molecule has 5 heteroatoms. The molecule has 2 rings (SSSR count). The molecule has 0 fully saturated rings. The summed E-state index contributed by atoms with van der Waals surface area (Å²) in [7, 11) is 0. The van der Waals surface area contributed by atoms with Gasteiger partial charge in [-0.05, 0) is 35.0 Å². The molecule has 0 N–H and O–H groups in total. The van der Waals surface area contributed by atoms with Crippen LogP contribution in [0.1, 0.15) is 17.5 Å². The zero-order chi connectivity index (χ0) is 12.4. The highest BCUT2D eigenvalue weighted by Crippen LogP contribution is 2.22. The molecule has 17 heavy (non-hydrogen) atoms. The Morgan fingerprint density at radius 3 is 2.94 bits per heavy atom. The maximum atomic E-state index is 11.8. The third-order valence-corrected chi connectivity index (χ3v) is 2.81. The van der Waals surface area contributed by atoms with Crippen LogP contribution in [0.3, 0.4) is 0 Å².